The molecule has 4 rings (SSSR count). The predicted octanol–water partition coefficient (Wildman–Crippen LogP) is 2.59. The molecule has 0 N–H and O–H groups in total. The van der Waals surface area contributed by atoms with Gasteiger partial charge in [0.2, 0.25) is 0 Å². The number of rotatable bonds is 0. The predicted molar refractivity (Wildman–Crippen MR) is 58.2 cm³/mol. The molecule has 2 nitrogen and oxygen atoms in total. The number of hydroxylamine groups is 2. The van der Waals surface area contributed by atoms with E-state index in [4.69, 9.17) is 4.84 Å². The van der Waals surface area contributed by atoms with Crippen molar-refractivity contribution in [2.75, 3.05) is 13.2 Å². The summed E-state index contributed by atoms with van der Waals surface area (Å²) in [5.74, 6) is 2.03. The van der Waals surface area contributed by atoms with Crippen LogP contribution in [0.25, 0.3) is 0 Å². The molecule has 0 aromatic carbocycles. The van der Waals surface area contributed by atoms with Gasteiger partial charge in [-0.05, 0) is 44.4 Å². The number of hydrogen-bond acceptors (Lipinski definition) is 2. The van der Waals surface area contributed by atoms with Gasteiger partial charge in [-0.15, -0.1) is 0 Å². The van der Waals surface area contributed by atoms with Crippen LogP contribution in [-0.2, 0) is 4.84 Å². The highest BCUT2D eigenvalue weighted by Crippen LogP contribution is 2.75. The quantitative estimate of drug-likeness (QED) is 0.605. The second-order valence-electron chi connectivity index (χ2n) is 6.29. The molecule has 4 fully saturated rings. The van der Waals surface area contributed by atoms with Crippen molar-refractivity contribution in [1.29, 1.82) is 0 Å². The number of hydrogen-bond donors (Lipinski definition) is 0. The van der Waals surface area contributed by atoms with Crippen molar-refractivity contribution >= 4 is 0 Å². The third kappa shape index (κ3) is 0.826. The third-order valence-corrected chi connectivity index (χ3v) is 6.02. The summed E-state index contributed by atoms with van der Waals surface area (Å²) in [5, 5.41) is 2.34. The minimum Gasteiger partial charge on any atom is -0.298 e. The Morgan fingerprint density at radius 1 is 1.13 bits per heavy atom. The first-order chi connectivity index (χ1) is 7.29. The average molecular weight is 207 g/mol. The first-order valence-electron chi connectivity index (χ1n) is 6.70. The lowest BCUT2D eigenvalue weighted by Crippen LogP contribution is -2.42. The summed E-state index contributed by atoms with van der Waals surface area (Å²) in [6, 6.07) is 0. The normalized spacial score (nSPS) is 58.2. The molecule has 0 aromatic heterocycles. The van der Waals surface area contributed by atoms with Crippen LogP contribution >= 0.6 is 0 Å². The Hall–Kier alpha value is -0.0800. The fraction of sp³-hybridized carbons (Fsp3) is 1.00. The summed E-state index contributed by atoms with van der Waals surface area (Å²) in [6.07, 6.45) is 8.63. The SMILES string of the molecule is CC12CCCN1OCC21C2CCCCC21. The summed E-state index contributed by atoms with van der Waals surface area (Å²) < 4.78 is 0. The van der Waals surface area contributed by atoms with E-state index in [1.54, 1.807) is 0 Å². The molecule has 15 heavy (non-hydrogen) atoms. The van der Waals surface area contributed by atoms with Crippen molar-refractivity contribution in [3.05, 3.63) is 0 Å². The molecule has 0 radical (unpaired) electrons. The monoisotopic (exact) mass is 207 g/mol. The van der Waals surface area contributed by atoms with Gasteiger partial charge in [0, 0.05) is 12.0 Å². The van der Waals surface area contributed by atoms with Crippen LogP contribution in [0.2, 0.25) is 0 Å². The highest BCUT2D eigenvalue weighted by atomic mass is 16.7. The van der Waals surface area contributed by atoms with E-state index in [0.29, 0.717) is 11.0 Å². The van der Waals surface area contributed by atoms with Gasteiger partial charge in [-0.25, -0.2) is 0 Å². The lowest BCUT2D eigenvalue weighted by molar-refractivity contribution is -0.138. The van der Waals surface area contributed by atoms with E-state index in [2.05, 4.69) is 12.0 Å². The molecule has 2 aliphatic carbocycles. The van der Waals surface area contributed by atoms with Gasteiger partial charge in [0.15, 0.2) is 0 Å². The largest absolute Gasteiger partial charge is 0.298 e. The number of nitrogens with zero attached hydrogens (tertiary/aromatic N) is 1. The summed E-state index contributed by atoms with van der Waals surface area (Å²) in [7, 11) is 0. The smallest absolute Gasteiger partial charge is 0.0765 e. The summed E-state index contributed by atoms with van der Waals surface area (Å²) in [4.78, 5) is 5.98. The lowest BCUT2D eigenvalue weighted by Gasteiger charge is -2.32. The maximum atomic E-state index is 5.98. The van der Waals surface area contributed by atoms with Crippen molar-refractivity contribution in [1.82, 2.24) is 5.06 Å². The summed E-state index contributed by atoms with van der Waals surface area (Å²) >= 11 is 0. The van der Waals surface area contributed by atoms with Crippen LogP contribution in [-0.4, -0.2) is 23.8 Å². The molecule has 0 amide bonds. The summed E-state index contributed by atoms with van der Waals surface area (Å²) in [5.41, 5.74) is 0.993. The van der Waals surface area contributed by atoms with Crippen LogP contribution in [0.5, 0.6) is 0 Å². The lowest BCUT2D eigenvalue weighted by atomic mass is 9.79. The Bertz CT molecular complexity index is 291. The number of fused-ring (bicyclic) bond motifs is 5. The van der Waals surface area contributed by atoms with Gasteiger partial charge < -0.3 is 0 Å². The van der Waals surface area contributed by atoms with Gasteiger partial charge in [0.25, 0.3) is 0 Å². The van der Waals surface area contributed by atoms with E-state index in [-0.39, 0.29) is 0 Å². The van der Waals surface area contributed by atoms with Gasteiger partial charge in [-0.2, -0.15) is 5.06 Å². The fourth-order valence-electron chi connectivity index (χ4n) is 5.21. The van der Waals surface area contributed by atoms with E-state index in [1.165, 1.54) is 45.1 Å². The highest BCUT2D eigenvalue weighted by Gasteiger charge is 2.77. The van der Waals surface area contributed by atoms with Gasteiger partial charge >= 0.3 is 0 Å². The van der Waals surface area contributed by atoms with Crippen LogP contribution in [0.1, 0.15) is 45.4 Å². The molecule has 2 aliphatic heterocycles. The molecule has 2 saturated carbocycles. The molecule has 0 bridgehead atoms. The van der Waals surface area contributed by atoms with Crippen LogP contribution in [0.3, 0.4) is 0 Å². The summed E-state index contributed by atoms with van der Waals surface area (Å²) in [6.45, 7) is 4.70. The maximum absolute atomic E-state index is 5.98. The third-order valence-electron chi connectivity index (χ3n) is 6.02. The Morgan fingerprint density at radius 2 is 1.87 bits per heavy atom. The zero-order valence-corrected chi connectivity index (χ0v) is 9.67. The molecule has 2 heteroatoms. The van der Waals surface area contributed by atoms with E-state index in [0.717, 1.165) is 18.4 Å². The van der Waals surface area contributed by atoms with Crippen molar-refractivity contribution in [3.8, 4) is 0 Å². The molecular formula is C13H21NO. The Kier molecular flexibility index (Phi) is 1.56. The standard InChI is InChI=1S/C13H21NO/c1-12-7-4-8-14(12)15-9-13(12)10-5-2-3-6-11(10)13/h10-11H,2-9H2,1H3. The molecule has 84 valence electrons. The highest BCUT2D eigenvalue weighted by molar-refractivity contribution is 5.24. The maximum Gasteiger partial charge on any atom is 0.0765 e. The van der Waals surface area contributed by atoms with Gasteiger partial charge in [-0.3, -0.25) is 4.84 Å². The zero-order chi connectivity index (χ0) is 10.1. The van der Waals surface area contributed by atoms with Crippen LogP contribution in [0, 0.1) is 17.3 Å². The molecule has 3 unspecified atom stereocenters. The zero-order valence-electron chi connectivity index (χ0n) is 9.67. The first kappa shape index (κ1) is 9.00. The molecule has 0 aromatic rings. The molecular weight excluding hydrogens is 186 g/mol. The Morgan fingerprint density at radius 3 is 2.60 bits per heavy atom. The van der Waals surface area contributed by atoms with Gasteiger partial charge in [-0.1, -0.05) is 12.8 Å². The van der Waals surface area contributed by atoms with Crippen molar-refractivity contribution < 1.29 is 4.84 Å². The minimum atomic E-state index is 0.409. The van der Waals surface area contributed by atoms with E-state index in [1.807, 2.05) is 0 Å². The molecule has 2 heterocycles. The van der Waals surface area contributed by atoms with E-state index < -0.39 is 0 Å². The van der Waals surface area contributed by atoms with E-state index in [9.17, 15) is 0 Å². The average Bonchev–Trinajstić information content (AvgIpc) is 2.62. The molecule has 2 saturated heterocycles. The first-order valence-corrected chi connectivity index (χ1v) is 6.70. The fourth-order valence-corrected chi connectivity index (χ4v) is 5.21. The Labute approximate surface area is 91.9 Å². The second kappa shape index (κ2) is 2.60. The van der Waals surface area contributed by atoms with Gasteiger partial charge in [0.05, 0.1) is 12.1 Å². The van der Waals surface area contributed by atoms with Crippen LogP contribution in [0.15, 0.2) is 0 Å². The van der Waals surface area contributed by atoms with Gasteiger partial charge in [0.1, 0.15) is 0 Å². The van der Waals surface area contributed by atoms with Crippen LogP contribution < -0.4 is 0 Å². The molecule has 1 spiro atoms. The van der Waals surface area contributed by atoms with Crippen molar-refractivity contribution in [2.24, 2.45) is 17.3 Å². The van der Waals surface area contributed by atoms with E-state index >= 15 is 0 Å². The molecule has 4 aliphatic rings. The Balaban J connectivity index is 1.72. The van der Waals surface area contributed by atoms with Crippen molar-refractivity contribution in [2.45, 2.75) is 51.0 Å². The van der Waals surface area contributed by atoms with Crippen molar-refractivity contribution in [3.63, 3.8) is 0 Å². The minimum absolute atomic E-state index is 0.409. The van der Waals surface area contributed by atoms with Crippen LogP contribution in [0.4, 0.5) is 0 Å². The second-order valence-corrected chi connectivity index (χ2v) is 6.29. The molecule has 3 atom stereocenters. The topological polar surface area (TPSA) is 12.5 Å².